The van der Waals surface area contributed by atoms with E-state index in [0.717, 1.165) is 11.1 Å². The highest BCUT2D eigenvalue weighted by Gasteiger charge is 2.14. The van der Waals surface area contributed by atoms with Crippen LogP contribution in [0, 0.1) is 0 Å². The van der Waals surface area contributed by atoms with Crippen LogP contribution in [0.4, 0.5) is 5.69 Å². The quantitative estimate of drug-likeness (QED) is 0.901. The van der Waals surface area contributed by atoms with E-state index in [4.69, 9.17) is 27.8 Å². The summed E-state index contributed by atoms with van der Waals surface area (Å²) in [7, 11) is 1.60. The van der Waals surface area contributed by atoms with Gasteiger partial charge in [0.2, 0.25) is 0 Å². The van der Waals surface area contributed by atoms with E-state index < -0.39 is 0 Å². The van der Waals surface area contributed by atoms with Crippen LogP contribution < -0.4 is 16.2 Å². The minimum atomic E-state index is -0.223. The van der Waals surface area contributed by atoms with E-state index in [1.165, 1.54) is 0 Å². The molecule has 0 radical (unpaired) electrons. The van der Waals surface area contributed by atoms with Crippen LogP contribution in [-0.2, 0) is 6.42 Å². The molecule has 100 valence electrons. The van der Waals surface area contributed by atoms with Gasteiger partial charge in [0.15, 0.2) is 0 Å². The molecule has 0 aliphatic heterocycles. The van der Waals surface area contributed by atoms with Crippen molar-refractivity contribution < 1.29 is 4.74 Å². The average Bonchev–Trinajstić information content (AvgIpc) is 2.41. The lowest BCUT2D eigenvalue weighted by Crippen LogP contribution is -2.15. The number of nitrogen functional groups attached to an aromatic ring is 1. The topological polar surface area (TPSA) is 74.2 Å². The van der Waals surface area contributed by atoms with Crippen molar-refractivity contribution in [3.63, 3.8) is 0 Å². The first kappa shape index (κ1) is 13.6. The Morgan fingerprint density at radius 1 is 1.37 bits per heavy atom. The third kappa shape index (κ3) is 3.16. The molecule has 1 aromatic carbocycles. The largest absolute Gasteiger partial charge is 0.496 e. The van der Waals surface area contributed by atoms with E-state index in [-0.39, 0.29) is 6.04 Å². The summed E-state index contributed by atoms with van der Waals surface area (Å²) in [5.41, 5.74) is 14.6. The van der Waals surface area contributed by atoms with Crippen molar-refractivity contribution in [2.75, 3.05) is 12.8 Å². The summed E-state index contributed by atoms with van der Waals surface area (Å²) in [4.78, 5) is 4.06. The fourth-order valence-corrected chi connectivity index (χ4v) is 2.11. The number of pyridine rings is 1. The summed E-state index contributed by atoms with van der Waals surface area (Å²) in [5, 5.41) is 0.619. The molecule has 1 aromatic heterocycles. The van der Waals surface area contributed by atoms with Crippen LogP contribution in [-0.4, -0.2) is 12.1 Å². The molecule has 0 aliphatic carbocycles. The smallest absolute Gasteiger partial charge is 0.125 e. The molecule has 0 spiro atoms. The van der Waals surface area contributed by atoms with Gasteiger partial charge in [0, 0.05) is 34.7 Å². The summed E-state index contributed by atoms with van der Waals surface area (Å²) >= 11 is 5.93. The van der Waals surface area contributed by atoms with Gasteiger partial charge in [-0.05, 0) is 30.2 Å². The number of nitrogens with zero attached hydrogens (tertiary/aromatic N) is 1. The highest BCUT2D eigenvalue weighted by Crippen LogP contribution is 2.29. The van der Waals surface area contributed by atoms with Crippen LogP contribution in [0.25, 0.3) is 0 Å². The Bertz CT molecular complexity index is 574. The Morgan fingerprint density at radius 3 is 2.84 bits per heavy atom. The molecule has 0 amide bonds. The molecule has 1 atom stereocenters. The molecule has 0 bridgehead atoms. The Hall–Kier alpha value is -1.78. The molecular weight excluding hydrogens is 262 g/mol. The van der Waals surface area contributed by atoms with E-state index in [1.54, 1.807) is 37.7 Å². The number of ether oxygens (including phenoxy) is 1. The second-order valence-corrected chi connectivity index (χ2v) is 4.71. The number of hydrogen-bond acceptors (Lipinski definition) is 4. The minimum absolute atomic E-state index is 0.223. The molecule has 4 N–H and O–H groups in total. The SMILES string of the molecule is COc1cc(Cl)ccc1C(N)Cc1cnccc1N. The zero-order valence-electron chi connectivity index (χ0n) is 10.6. The molecule has 0 aliphatic rings. The van der Waals surface area contributed by atoms with Crippen LogP contribution in [0.1, 0.15) is 17.2 Å². The lowest BCUT2D eigenvalue weighted by atomic mass is 9.99. The van der Waals surface area contributed by atoms with Gasteiger partial charge in [0.25, 0.3) is 0 Å². The summed E-state index contributed by atoms with van der Waals surface area (Å²) < 4.78 is 5.30. The second kappa shape index (κ2) is 5.91. The third-order valence-corrected chi connectivity index (χ3v) is 3.21. The summed E-state index contributed by atoms with van der Waals surface area (Å²) in [5.74, 6) is 0.683. The molecule has 0 saturated heterocycles. The van der Waals surface area contributed by atoms with Gasteiger partial charge in [-0.2, -0.15) is 0 Å². The zero-order chi connectivity index (χ0) is 13.8. The van der Waals surface area contributed by atoms with Crippen molar-refractivity contribution in [1.82, 2.24) is 4.98 Å². The highest BCUT2D eigenvalue weighted by atomic mass is 35.5. The monoisotopic (exact) mass is 277 g/mol. The van der Waals surface area contributed by atoms with Gasteiger partial charge >= 0.3 is 0 Å². The van der Waals surface area contributed by atoms with E-state index >= 15 is 0 Å². The predicted molar refractivity (Wildman–Crippen MR) is 77.3 cm³/mol. The normalized spacial score (nSPS) is 12.2. The van der Waals surface area contributed by atoms with Gasteiger partial charge in [0.1, 0.15) is 5.75 Å². The number of rotatable bonds is 4. The van der Waals surface area contributed by atoms with Crippen molar-refractivity contribution in [3.8, 4) is 5.75 Å². The molecule has 2 aromatic rings. The molecular formula is C14H16ClN3O. The summed E-state index contributed by atoms with van der Waals surface area (Å²) in [6, 6.07) is 6.97. The van der Waals surface area contributed by atoms with Gasteiger partial charge in [-0.25, -0.2) is 0 Å². The first-order valence-electron chi connectivity index (χ1n) is 5.89. The van der Waals surface area contributed by atoms with Crippen molar-refractivity contribution >= 4 is 17.3 Å². The van der Waals surface area contributed by atoms with E-state index in [0.29, 0.717) is 22.9 Å². The van der Waals surface area contributed by atoms with Gasteiger partial charge < -0.3 is 16.2 Å². The highest BCUT2D eigenvalue weighted by molar-refractivity contribution is 6.30. The number of halogens is 1. The van der Waals surface area contributed by atoms with Gasteiger partial charge in [-0.3, -0.25) is 4.98 Å². The van der Waals surface area contributed by atoms with E-state index in [9.17, 15) is 0 Å². The molecule has 0 saturated carbocycles. The molecule has 4 nitrogen and oxygen atoms in total. The van der Waals surface area contributed by atoms with Crippen molar-refractivity contribution in [3.05, 3.63) is 52.8 Å². The number of nitrogens with two attached hydrogens (primary N) is 2. The first-order valence-corrected chi connectivity index (χ1v) is 6.27. The van der Waals surface area contributed by atoms with Crippen molar-refractivity contribution in [2.24, 2.45) is 5.73 Å². The predicted octanol–water partition coefficient (Wildman–Crippen LogP) is 2.57. The first-order chi connectivity index (χ1) is 9.11. The number of aromatic nitrogens is 1. The Labute approximate surface area is 117 Å². The molecule has 5 heteroatoms. The average molecular weight is 278 g/mol. The number of hydrogen-bond donors (Lipinski definition) is 2. The van der Waals surface area contributed by atoms with Gasteiger partial charge in [-0.1, -0.05) is 17.7 Å². The maximum Gasteiger partial charge on any atom is 0.125 e. The summed E-state index contributed by atoms with van der Waals surface area (Å²) in [6.45, 7) is 0. The number of methoxy groups -OCH3 is 1. The molecule has 1 heterocycles. The Morgan fingerprint density at radius 2 is 2.16 bits per heavy atom. The van der Waals surface area contributed by atoms with E-state index in [1.807, 2.05) is 6.07 Å². The van der Waals surface area contributed by atoms with Crippen LogP contribution in [0.15, 0.2) is 36.7 Å². The molecule has 19 heavy (non-hydrogen) atoms. The molecule has 0 fully saturated rings. The van der Waals surface area contributed by atoms with Crippen molar-refractivity contribution in [1.29, 1.82) is 0 Å². The van der Waals surface area contributed by atoms with E-state index in [2.05, 4.69) is 4.98 Å². The van der Waals surface area contributed by atoms with Crippen LogP contribution >= 0.6 is 11.6 Å². The maximum absolute atomic E-state index is 6.22. The fraction of sp³-hybridized carbons (Fsp3) is 0.214. The van der Waals surface area contributed by atoms with Crippen LogP contribution in [0.3, 0.4) is 0 Å². The van der Waals surface area contributed by atoms with Gasteiger partial charge in [0.05, 0.1) is 7.11 Å². The lowest BCUT2D eigenvalue weighted by molar-refractivity contribution is 0.405. The van der Waals surface area contributed by atoms with Crippen LogP contribution in [0.2, 0.25) is 5.02 Å². The zero-order valence-corrected chi connectivity index (χ0v) is 11.4. The fourth-order valence-electron chi connectivity index (χ4n) is 1.95. The van der Waals surface area contributed by atoms with Gasteiger partial charge in [-0.15, -0.1) is 0 Å². The standard InChI is InChI=1S/C14H16ClN3O/c1-19-14-7-10(15)2-3-11(14)13(17)6-9-8-18-5-4-12(9)16/h2-5,7-8,13H,6,17H2,1H3,(H2,16,18). The Balaban J connectivity index is 2.25. The second-order valence-electron chi connectivity index (χ2n) is 4.27. The number of anilines is 1. The third-order valence-electron chi connectivity index (χ3n) is 2.98. The molecule has 2 rings (SSSR count). The maximum atomic E-state index is 6.22. The number of benzene rings is 1. The summed E-state index contributed by atoms with van der Waals surface area (Å²) in [6.07, 6.45) is 3.99. The molecule has 1 unspecified atom stereocenters. The lowest BCUT2D eigenvalue weighted by Gasteiger charge is -2.16. The minimum Gasteiger partial charge on any atom is -0.496 e. The van der Waals surface area contributed by atoms with Crippen molar-refractivity contribution in [2.45, 2.75) is 12.5 Å². The van der Waals surface area contributed by atoms with Crippen LogP contribution in [0.5, 0.6) is 5.75 Å². The Kier molecular flexibility index (Phi) is 4.24.